The van der Waals surface area contributed by atoms with E-state index in [0.717, 1.165) is 19.6 Å². The number of carboxylic acids is 1. The van der Waals surface area contributed by atoms with Gasteiger partial charge in [-0.05, 0) is 42.8 Å². The van der Waals surface area contributed by atoms with Gasteiger partial charge in [0, 0.05) is 36.9 Å². The van der Waals surface area contributed by atoms with Crippen molar-refractivity contribution in [2.24, 2.45) is 0 Å². The van der Waals surface area contributed by atoms with E-state index < -0.39 is 11.5 Å². The van der Waals surface area contributed by atoms with Crippen molar-refractivity contribution in [1.82, 2.24) is 14.7 Å². The van der Waals surface area contributed by atoms with Crippen LogP contribution in [0.4, 0.5) is 0 Å². The second-order valence-corrected chi connectivity index (χ2v) is 6.59. The highest BCUT2D eigenvalue weighted by molar-refractivity contribution is 7.10. The fourth-order valence-corrected chi connectivity index (χ4v) is 3.86. The zero-order valence-electron chi connectivity index (χ0n) is 12.0. The first-order chi connectivity index (χ1) is 10.1. The molecule has 0 bridgehead atoms. The summed E-state index contributed by atoms with van der Waals surface area (Å²) < 4.78 is 1.61. The number of aromatic nitrogens is 2. The molecule has 0 aromatic carbocycles. The Morgan fingerprint density at radius 1 is 1.48 bits per heavy atom. The van der Waals surface area contributed by atoms with E-state index in [2.05, 4.69) is 28.4 Å². The summed E-state index contributed by atoms with van der Waals surface area (Å²) in [5.41, 5.74) is 0.437. The molecule has 21 heavy (non-hydrogen) atoms. The Labute approximate surface area is 127 Å². The number of rotatable bonds is 4. The molecule has 0 radical (unpaired) electrons. The number of aliphatic carboxylic acids is 1. The van der Waals surface area contributed by atoms with Crippen LogP contribution in [-0.4, -0.2) is 38.8 Å². The van der Waals surface area contributed by atoms with Gasteiger partial charge in [0.25, 0.3) is 0 Å². The number of likely N-dealkylation sites (tertiary alicyclic amines) is 1. The number of aryl methyl sites for hydroxylation is 1. The lowest BCUT2D eigenvalue weighted by atomic mass is 9.87. The first-order valence-corrected chi connectivity index (χ1v) is 7.99. The van der Waals surface area contributed by atoms with Gasteiger partial charge < -0.3 is 5.11 Å². The summed E-state index contributed by atoms with van der Waals surface area (Å²) in [6.45, 7) is 4.60. The highest BCUT2D eigenvalue weighted by Gasteiger charge is 2.43. The van der Waals surface area contributed by atoms with Gasteiger partial charge in [0.05, 0.1) is 0 Å². The van der Waals surface area contributed by atoms with Gasteiger partial charge in [-0.15, -0.1) is 11.3 Å². The number of hydrogen-bond acceptors (Lipinski definition) is 4. The molecule has 112 valence electrons. The van der Waals surface area contributed by atoms with Crippen LogP contribution in [0, 0.1) is 6.92 Å². The molecule has 0 atom stereocenters. The maximum absolute atomic E-state index is 11.8. The van der Waals surface area contributed by atoms with E-state index in [9.17, 15) is 9.90 Å². The minimum atomic E-state index is -0.884. The van der Waals surface area contributed by atoms with Crippen molar-refractivity contribution in [1.29, 1.82) is 0 Å². The Balaban J connectivity index is 1.71. The van der Waals surface area contributed by atoms with Crippen LogP contribution in [0.2, 0.25) is 0 Å². The van der Waals surface area contributed by atoms with E-state index >= 15 is 0 Å². The molecule has 2 aromatic heterocycles. The molecule has 5 nitrogen and oxygen atoms in total. The van der Waals surface area contributed by atoms with Gasteiger partial charge in [-0.1, -0.05) is 0 Å². The largest absolute Gasteiger partial charge is 0.479 e. The molecule has 0 spiro atoms. The highest BCUT2D eigenvalue weighted by Crippen LogP contribution is 2.31. The Morgan fingerprint density at radius 3 is 2.76 bits per heavy atom. The number of thiophene rings is 1. The number of nitrogens with zero attached hydrogens (tertiary/aromatic N) is 3. The van der Waals surface area contributed by atoms with Crippen LogP contribution in [0.15, 0.2) is 29.9 Å². The van der Waals surface area contributed by atoms with Crippen LogP contribution >= 0.6 is 11.3 Å². The SMILES string of the molecule is Cc1ccsc1CN1CCC(C(=O)O)(n2cccn2)CC1. The van der Waals surface area contributed by atoms with Crippen LogP contribution in [0.5, 0.6) is 0 Å². The molecule has 0 amide bonds. The predicted molar refractivity (Wildman–Crippen MR) is 81.4 cm³/mol. The van der Waals surface area contributed by atoms with E-state index in [0.29, 0.717) is 12.8 Å². The van der Waals surface area contributed by atoms with E-state index in [1.54, 1.807) is 34.5 Å². The lowest BCUT2D eigenvalue weighted by Gasteiger charge is -2.38. The van der Waals surface area contributed by atoms with E-state index in [1.807, 2.05) is 0 Å². The van der Waals surface area contributed by atoms with E-state index in [1.165, 1.54) is 10.4 Å². The normalized spacial score (nSPS) is 18.7. The zero-order chi connectivity index (χ0) is 14.9. The lowest BCUT2D eigenvalue weighted by Crippen LogP contribution is -2.51. The lowest BCUT2D eigenvalue weighted by molar-refractivity contribution is -0.151. The molecule has 2 aromatic rings. The second kappa shape index (κ2) is 5.61. The summed E-state index contributed by atoms with van der Waals surface area (Å²) in [6, 6.07) is 3.92. The first-order valence-electron chi connectivity index (χ1n) is 7.11. The Hall–Kier alpha value is -1.66. The molecular formula is C15H19N3O2S. The van der Waals surface area contributed by atoms with Crippen molar-refractivity contribution >= 4 is 17.3 Å². The third kappa shape index (κ3) is 2.61. The molecule has 1 N–H and O–H groups in total. The smallest absolute Gasteiger partial charge is 0.331 e. The second-order valence-electron chi connectivity index (χ2n) is 5.59. The van der Waals surface area contributed by atoms with Crippen LogP contribution in [0.3, 0.4) is 0 Å². The molecule has 1 saturated heterocycles. The molecule has 1 aliphatic rings. The van der Waals surface area contributed by atoms with E-state index in [-0.39, 0.29) is 0 Å². The monoisotopic (exact) mass is 305 g/mol. The quantitative estimate of drug-likeness (QED) is 0.942. The topological polar surface area (TPSA) is 58.4 Å². The van der Waals surface area contributed by atoms with Crippen LogP contribution < -0.4 is 0 Å². The van der Waals surface area contributed by atoms with Gasteiger partial charge in [-0.3, -0.25) is 9.58 Å². The molecule has 0 saturated carbocycles. The van der Waals surface area contributed by atoms with Gasteiger partial charge >= 0.3 is 5.97 Å². The van der Waals surface area contributed by atoms with Gasteiger partial charge in [-0.2, -0.15) is 5.10 Å². The molecule has 1 aliphatic heterocycles. The number of carbonyl (C=O) groups is 1. The Bertz CT molecular complexity index is 613. The highest BCUT2D eigenvalue weighted by atomic mass is 32.1. The minimum Gasteiger partial charge on any atom is -0.479 e. The summed E-state index contributed by atoms with van der Waals surface area (Å²) in [4.78, 5) is 15.5. The molecule has 0 aliphatic carbocycles. The molecule has 1 fully saturated rings. The number of carboxylic acid groups (broad SMARTS) is 1. The van der Waals surface area contributed by atoms with Gasteiger partial charge in [-0.25, -0.2) is 4.79 Å². The Kier molecular flexibility index (Phi) is 3.82. The maximum atomic E-state index is 11.8. The van der Waals surface area contributed by atoms with Gasteiger partial charge in [0.1, 0.15) is 0 Å². The zero-order valence-corrected chi connectivity index (χ0v) is 12.8. The van der Waals surface area contributed by atoms with Crippen molar-refractivity contribution in [2.75, 3.05) is 13.1 Å². The average Bonchev–Trinajstić information content (AvgIpc) is 3.12. The molecule has 3 heterocycles. The molecule has 3 rings (SSSR count). The predicted octanol–water partition coefficient (Wildman–Crippen LogP) is 2.33. The number of hydrogen-bond donors (Lipinski definition) is 1. The molecule has 0 unspecified atom stereocenters. The summed E-state index contributed by atoms with van der Waals surface area (Å²) in [6.07, 6.45) is 4.59. The summed E-state index contributed by atoms with van der Waals surface area (Å²) in [5.74, 6) is -0.779. The van der Waals surface area contributed by atoms with E-state index in [4.69, 9.17) is 0 Å². The third-order valence-electron chi connectivity index (χ3n) is 4.36. The van der Waals surface area contributed by atoms with Crippen molar-refractivity contribution in [3.63, 3.8) is 0 Å². The van der Waals surface area contributed by atoms with Crippen LogP contribution in [0.25, 0.3) is 0 Å². The Morgan fingerprint density at radius 2 is 2.24 bits per heavy atom. The maximum Gasteiger partial charge on any atom is 0.331 e. The number of piperidine rings is 1. The summed E-state index contributed by atoms with van der Waals surface area (Å²) in [7, 11) is 0. The van der Waals surface area contributed by atoms with Crippen molar-refractivity contribution in [3.05, 3.63) is 40.3 Å². The van der Waals surface area contributed by atoms with Crippen molar-refractivity contribution in [2.45, 2.75) is 31.8 Å². The fourth-order valence-electron chi connectivity index (χ4n) is 2.91. The third-order valence-corrected chi connectivity index (χ3v) is 5.37. The van der Waals surface area contributed by atoms with Crippen LogP contribution in [0.1, 0.15) is 23.3 Å². The van der Waals surface area contributed by atoms with Crippen LogP contribution in [-0.2, 0) is 16.9 Å². The van der Waals surface area contributed by atoms with Crippen molar-refractivity contribution in [3.8, 4) is 0 Å². The first kappa shape index (κ1) is 14.3. The summed E-state index contributed by atoms with van der Waals surface area (Å²) >= 11 is 1.77. The van der Waals surface area contributed by atoms with Gasteiger partial charge in [0.15, 0.2) is 5.54 Å². The van der Waals surface area contributed by atoms with Crippen molar-refractivity contribution < 1.29 is 9.90 Å². The van der Waals surface area contributed by atoms with Gasteiger partial charge in [0.2, 0.25) is 0 Å². The minimum absolute atomic E-state index is 0.592. The molecular weight excluding hydrogens is 286 g/mol. The summed E-state index contributed by atoms with van der Waals surface area (Å²) in [5, 5.41) is 15.9. The average molecular weight is 305 g/mol. The molecule has 6 heteroatoms. The fraction of sp³-hybridized carbons (Fsp3) is 0.467. The standard InChI is InChI=1S/C15H19N3O2S/c1-12-3-10-21-13(12)11-17-8-4-15(5-9-17,14(19)20)18-7-2-6-16-18/h2-3,6-7,10H,4-5,8-9,11H2,1H3,(H,19,20).